The number of aromatic nitrogens is 1. The molecule has 2 heteroatoms. The summed E-state index contributed by atoms with van der Waals surface area (Å²) >= 11 is 0. The number of rotatable bonds is 2. The second-order valence-electron chi connectivity index (χ2n) is 6.12. The summed E-state index contributed by atoms with van der Waals surface area (Å²) in [4.78, 5) is 2.30. The van der Waals surface area contributed by atoms with Gasteiger partial charge in [-0.25, -0.2) is 0 Å². The van der Waals surface area contributed by atoms with Crippen molar-refractivity contribution in [3.8, 4) is 0 Å². The van der Waals surface area contributed by atoms with Crippen LogP contribution in [0.5, 0.6) is 0 Å². The van der Waals surface area contributed by atoms with Crippen molar-refractivity contribution >= 4 is 28.4 Å². The number of hydrogen-bond acceptors (Lipinski definition) is 1. The van der Waals surface area contributed by atoms with E-state index in [0.29, 0.717) is 0 Å². The Morgan fingerprint density at radius 3 is 2.78 bits per heavy atom. The zero-order valence-corrected chi connectivity index (χ0v) is 13.6. The van der Waals surface area contributed by atoms with Gasteiger partial charge in [-0.1, -0.05) is 30.9 Å². The minimum atomic E-state index is 0.891. The SMILES string of the molecule is C=C1c2cc(/C=C/C)ccc2CN1c1ccc2c(ccn2C)c1. The summed E-state index contributed by atoms with van der Waals surface area (Å²) in [6.07, 6.45) is 6.30. The topological polar surface area (TPSA) is 8.17 Å². The summed E-state index contributed by atoms with van der Waals surface area (Å²) in [6, 6.07) is 15.4. The van der Waals surface area contributed by atoms with E-state index in [1.54, 1.807) is 0 Å². The fourth-order valence-electron chi connectivity index (χ4n) is 3.39. The molecule has 114 valence electrons. The summed E-state index contributed by atoms with van der Waals surface area (Å²) in [5.74, 6) is 0. The van der Waals surface area contributed by atoms with Crippen LogP contribution >= 0.6 is 0 Å². The molecule has 2 aromatic carbocycles. The standard InChI is InChI=1S/C21H20N2/c1-4-5-16-6-7-18-14-23(15(2)20(18)12-16)19-8-9-21-17(13-19)10-11-22(21)3/h4-13H,2,14H2,1,3H3/b5-4+. The lowest BCUT2D eigenvalue weighted by Gasteiger charge is -2.19. The highest BCUT2D eigenvalue weighted by atomic mass is 15.2. The number of benzene rings is 2. The molecule has 0 amide bonds. The van der Waals surface area contributed by atoms with Crippen LogP contribution in [-0.2, 0) is 13.6 Å². The normalized spacial score (nSPS) is 14.2. The minimum absolute atomic E-state index is 0.891. The lowest BCUT2D eigenvalue weighted by atomic mass is 10.0. The van der Waals surface area contributed by atoms with E-state index in [0.717, 1.165) is 12.2 Å². The van der Waals surface area contributed by atoms with Crippen molar-refractivity contribution < 1.29 is 0 Å². The molecule has 4 rings (SSSR count). The molecular formula is C21H20N2. The van der Waals surface area contributed by atoms with Crippen molar-refractivity contribution in [1.82, 2.24) is 4.57 Å². The Bertz CT molecular complexity index is 944. The van der Waals surface area contributed by atoms with E-state index < -0.39 is 0 Å². The number of anilines is 1. The van der Waals surface area contributed by atoms with Crippen molar-refractivity contribution in [3.05, 3.63) is 78.0 Å². The van der Waals surface area contributed by atoms with Crippen molar-refractivity contribution in [2.24, 2.45) is 7.05 Å². The molecule has 2 nitrogen and oxygen atoms in total. The van der Waals surface area contributed by atoms with Crippen LogP contribution in [0, 0.1) is 0 Å². The molecule has 0 bridgehead atoms. The van der Waals surface area contributed by atoms with Crippen molar-refractivity contribution in [2.45, 2.75) is 13.5 Å². The predicted octanol–water partition coefficient (Wildman–Crippen LogP) is 5.20. The molecule has 0 saturated carbocycles. The van der Waals surface area contributed by atoms with Gasteiger partial charge >= 0.3 is 0 Å². The van der Waals surface area contributed by atoms with Crippen LogP contribution in [0.2, 0.25) is 0 Å². The summed E-state index contributed by atoms with van der Waals surface area (Å²) < 4.78 is 2.15. The monoisotopic (exact) mass is 300 g/mol. The third-order valence-electron chi connectivity index (χ3n) is 4.64. The second-order valence-corrected chi connectivity index (χ2v) is 6.12. The van der Waals surface area contributed by atoms with Gasteiger partial charge < -0.3 is 9.47 Å². The van der Waals surface area contributed by atoms with Gasteiger partial charge in [0.05, 0.1) is 0 Å². The van der Waals surface area contributed by atoms with E-state index in [1.807, 2.05) is 6.92 Å². The van der Waals surface area contributed by atoms with Crippen LogP contribution in [0.25, 0.3) is 22.7 Å². The molecule has 1 aliphatic rings. The summed E-state index contributed by atoms with van der Waals surface area (Å²) in [6.45, 7) is 7.27. The van der Waals surface area contributed by atoms with Crippen LogP contribution in [-0.4, -0.2) is 4.57 Å². The molecule has 23 heavy (non-hydrogen) atoms. The second kappa shape index (κ2) is 5.17. The Morgan fingerprint density at radius 1 is 1.09 bits per heavy atom. The Kier molecular flexibility index (Phi) is 3.12. The average molecular weight is 300 g/mol. The summed E-state index contributed by atoms with van der Waals surface area (Å²) in [5, 5.41) is 1.27. The highest BCUT2D eigenvalue weighted by Gasteiger charge is 2.23. The number of nitrogens with zero attached hydrogens (tertiary/aromatic N) is 2. The third-order valence-corrected chi connectivity index (χ3v) is 4.64. The molecule has 0 radical (unpaired) electrons. The van der Waals surface area contributed by atoms with Crippen molar-refractivity contribution in [3.63, 3.8) is 0 Å². The van der Waals surface area contributed by atoms with Crippen LogP contribution in [0.3, 0.4) is 0 Å². The molecule has 2 heterocycles. The van der Waals surface area contributed by atoms with E-state index in [2.05, 4.69) is 83.9 Å². The van der Waals surface area contributed by atoms with E-state index >= 15 is 0 Å². The summed E-state index contributed by atoms with van der Waals surface area (Å²) in [5.41, 5.74) is 7.38. The predicted molar refractivity (Wildman–Crippen MR) is 99.3 cm³/mol. The maximum atomic E-state index is 4.34. The van der Waals surface area contributed by atoms with Crippen molar-refractivity contribution in [2.75, 3.05) is 4.90 Å². The van der Waals surface area contributed by atoms with Gasteiger partial charge in [-0.05, 0) is 48.4 Å². The van der Waals surface area contributed by atoms with Gasteiger partial charge in [0.15, 0.2) is 0 Å². The molecule has 0 atom stereocenters. The fourth-order valence-corrected chi connectivity index (χ4v) is 3.39. The maximum Gasteiger partial charge on any atom is 0.0488 e. The Balaban J connectivity index is 1.73. The van der Waals surface area contributed by atoms with E-state index in [-0.39, 0.29) is 0 Å². The molecule has 0 saturated heterocycles. The van der Waals surface area contributed by atoms with Gasteiger partial charge in [0, 0.05) is 47.6 Å². The Morgan fingerprint density at radius 2 is 1.96 bits per heavy atom. The molecular weight excluding hydrogens is 280 g/mol. The zero-order chi connectivity index (χ0) is 16.0. The molecule has 0 aliphatic carbocycles. The lowest BCUT2D eigenvalue weighted by molar-refractivity contribution is 0.968. The van der Waals surface area contributed by atoms with Gasteiger partial charge in [-0.15, -0.1) is 0 Å². The van der Waals surface area contributed by atoms with Crippen LogP contribution in [0.4, 0.5) is 5.69 Å². The van der Waals surface area contributed by atoms with Gasteiger partial charge in [0.1, 0.15) is 0 Å². The first-order valence-electron chi connectivity index (χ1n) is 7.95. The molecule has 0 N–H and O–H groups in total. The first kappa shape index (κ1) is 13.9. The number of fused-ring (bicyclic) bond motifs is 2. The van der Waals surface area contributed by atoms with Gasteiger partial charge in [0.2, 0.25) is 0 Å². The minimum Gasteiger partial charge on any atom is -0.351 e. The van der Waals surface area contributed by atoms with Crippen LogP contribution in [0.15, 0.2) is 61.3 Å². The summed E-state index contributed by atoms with van der Waals surface area (Å²) in [7, 11) is 2.08. The van der Waals surface area contributed by atoms with E-state index in [1.165, 1.54) is 33.3 Å². The van der Waals surface area contributed by atoms with Gasteiger partial charge in [-0.3, -0.25) is 0 Å². The number of allylic oxidation sites excluding steroid dienone is 1. The Hall–Kier alpha value is -2.74. The zero-order valence-electron chi connectivity index (χ0n) is 13.6. The van der Waals surface area contributed by atoms with Gasteiger partial charge in [-0.2, -0.15) is 0 Å². The quantitative estimate of drug-likeness (QED) is 0.631. The maximum absolute atomic E-state index is 4.34. The Labute approximate surface area is 137 Å². The highest BCUT2D eigenvalue weighted by Crippen LogP contribution is 2.37. The highest BCUT2D eigenvalue weighted by molar-refractivity contribution is 5.90. The first-order chi connectivity index (χ1) is 11.2. The van der Waals surface area contributed by atoms with Crippen molar-refractivity contribution in [1.29, 1.82) is 0 Å². The van der Waals surface area contributed by atoms with Gasteiger partial charge in [0.25, 0.3) is 0 Å². The smallest absolute Gasteiger partial charge is 0.0488 e. The fraction of sp³-hybridized carbons (Fsp3) is 0.143. The number of hydrogen-bond donors (Lipinski definition) is 0. The van der Waals surface area contributed by atoms with E-state index in [4.69, 9.17) is 0 Å². The largest absolute Gasteiger partial charge is 0.351 e. The number of aryl methyl sites for hydroxylation is 1. The third kappa shape index (κ3) is 2.18. The van der Waals surface area contributed by atoms with Crippen LogP contribution in [0.1, 0.15) is 23.6 Å². The average Bonchev–Trinajstić information content (AvgIpc) is 3.09. The van der Waals surface area contributed by atoms with Crippen LogP contribution < -0.4 is 4.90 Å². The molecule has 0 spiro atoms. The molecule has 0 unspecified atom stereocenters. The first-order valence-corrected chi connectivity index (χ1v) is 7.95. The lowest BCUT2D eigenvalue weighted by Crippen LogP contribution is -2.12. The molecule has 1 aromatic heterocycles. The van der Waals surface area contributed by atoms with E-state index in [9.17, 15) is 0 Å². The molecule has 3 aromatic rings. The molecule has 1 aliphatic heterocycles. The molecule has 0 fully saturated rings.